The summed E-state index contributed by atoms with van der Waals surface area (Å²) in [6.45, 7) is 9.23. The van der Waals surface area contributed by atoms with Gasteiger partial charge in [0.05, 0.1) is 16.9 Å². The molecule has 0 atom stereocenters. The third-order valence-electron chi connectivity index (χ3n) is 4.10. The second-order valence-corrected chi connectivity index (χ2v) is 6.28. The second-order valence-electron chi connectivity index (χ2n) is 6.28. The van der Waals surface area contributed by atoms with E-state index in [0.717, 1.165) is 43.0 Å². The highest BCUT2D eigenvalue weighted by atomic mass is 16.2. The van der Waals surface area contributed by atoms with E-state index in [1.807, 2.05) is 38.7 Å². The molecule has 1 aliphatic rings. The molecular weight excluding hydrogens is 276 g/mol. The average Bonchev–Trinajstić information content (AvgIpc) is 2.47. The van der Waals surface area contributed by atoms with Gasteiger partial charge in [-0.05, 0) is 32.8 Å². The van der Waals surface area contributed by atoms with Gasteiger partial charge in [-0.3, -0.25) is 9.78 Å². The van der Waals surface area contributed by atoms with Crippen molar-refractivity contribution < 1.29 is 4.79 Å². The third-order valence-corrected chi connectivity index (χ3v) is 4.10. The van der Waals surface area contributed by atoms with Gasteiger partial charge in [-0.15, -0.1) is 0 Å². The van der Waals surface area contributed by atoms with Gasteiger partial charge in [0.1, 0.15) is 6.07 Å². The molecule has 1 N–H and O–H groups in total. The summed E-state index contributed by atoms with van der Waals surface area (Å²) < 4.78 is 0. The lowest BCUT2D eigenvalue weighted by molar-refractivity contribution is -0.135. The molecular formula is C17H24N4O. The molecule has 22 heavy (non-hydrogen) atoms. The molecule has 5 heteroatoms. The molecule has 1 aromatic heterocycles. The minimum Gasteiger partial charge on any atom is -0.381 e. The molecule has 0 unspecified atom stereocenters. The van der Waals surface area contributed by atoms with Crippen LogP contribution in [0.4, 0.5) is 5.69 Å². The Morgan fingerprint density at radius 1 is 1.41 bits per heavy atom. The Balaban J connectivity index is 2.03. The number of likely N-dealkylation sites (tertiary alicyclic amines) is 1. The number of nitrogens with zero attached hydrogens (tertiary/aromatic N) is 3. The maximum atomic E-state index is 12.0. The van der Waals surface area contributed by atoms with Crippen LogP contribution in [0, 0.1) is 31.1 Å². The van der Waals surface area contributed by atoms with Gasteiger partial charge in [0.2, 0.25) is 5.91 Å². The number of carbonyl (C=O) groups is 1. The molecule has 0 spiro atoms. The molecule has 0 bridgehead atoms. The second kappa shape index (κ2) is 6.78. The van der Waals surface area contributed by atoms with Crippen LogP contribution in [-0.4, -0.2) is 34.9 Å². The first kappa shape index (κ1) is 16.3. The summed E-state index contributed by atoms with van der Waals surface area (Å²) >= 11 is 0. The van der Waals surface area contributed by atoms with Crippen LogP contribution in [0.3, 0.4) is 0 Å². The summed E-state index contributed by atoms with van der Waals surface area (Å²) in [5.41, 5.74) is 3.15. The van der Waals surface area contributed by atoms with E-state index in [-0.39, 0.29) is 11.8 Å². The molecule has 0 aliphatic carbocycles. The van der Waals surface area contributed by atoms with Gasteiger partial charge in [-0.1, -0.05) is 13.8 Å². The lowest BCUT2D eigenvalue weighted by Gasteiger charge is -2.34. The Hall–Kier alpha value is -2.09. The quantitative estimate of drug-likeness (QED) is 0.931. The van der Waals surface area contributed by atoms with E-state index in [9.17, 15) is 10.1 Å². The number of pyridine rings is 1. The smallest absolute Gasteiger partial charge is 0.225 e. The van der Waals surface area contributed by atoms with Crippen LogP contribution in [0.25, 0.3) is 0 Å². The molecule has 1 aliphatic heterocycles. The molecule has 118 valence electrons. The number of aromatic nitrogens is 1. The molecule has 1 fully saturated rings. The molecule has 2 rings (SSSR count). The van der Waals surface area contributed by atoms with Crippen molar-refractivity contribution in [3.63, 3.8) is 0 Å². The van der Waals surface area contributed by atoms with Gasteiger partial charge in [0.25, 0.3) is 0 Å². The van der Waals surface area contributed by atoms with E-state index in [1.165, 1.54) is 0 Å². The standard InChI is InChI=1S/C17H24N4O/c1-11(2)17(22)21-7-5-14(6-8-21)20-16-9-12(3)19-13(4)15(16)10-18/h9,11,14H,5-8H2,1-4H3,(H,19,20). The van der Waals surface area contributed by atoms with Crippen LogP contribution in [0.5, 0.6) is 0 Å². The predicted molar refractivity (Wildman–Crippen MR) is 86.5 cm³/mol. The Kier molecular flexibility index (Phi) is 5.02. The minimum atomic E-state index is 0.0557. The lowest BCUT2D eigenvalue weighted by atomic mass is 10.0. The maximum absolute atomic E-state index is 12.0. The highest BCUT2D eigenvalue weighted by Crippen LogP contribution is 2.23. The van der Waals surface area contributed by atoms with Crippen molar-refractivity contribution in [1.29, 1.82) is 5.26 Å². The van der Waals surface area contributed by atoms with E-state index < -0.39 is 0 Å². The van der Waals surface area contributed by atoms with Crippen molar-refractivity contribution in [3.05, 3.63) is 23.0 Å². The zero-order valence-electron chi connectivity index (χ0n) is 13.8. The van der Waals surface area contributed by atoms with Crippen LogP contribution in [-0.2, 0) is 4.79 Å². The number of hydrogen-bond donors (Lipinski definition) is 1. The fourth-order valence-corrected chi connectivity index (χ4v) is 2.91. The average molecular weight is 300 g/mol. The van der Waals surface area contributed by atoms with Gasteiger partial charge in [0.15, 0.2) is 0 Å². The number of nitriles is 1. The minimum absolute atomic E-state index is 0.0557. The summed E-state index contributed by atoms with van der Waals surface area (Å²) in [6.07, 6.45) is 1.81. The van der Waals surface area contributed by atoms with E-state index in [0.29, 0.717) is 11.6 Å². The molecule has 1 saturated heterocycles. The molecule has 5 nitrogen and oxygen atoms in total. The van der Waals surface area contributed by atoms with Crippen LogP contribution in [0.1, 0.15) is 43.6 Å². The zero-order valence-corrected chi connectivity index (χ0v) is 13.8. The first-order chi connectivity index (χ1) is 10.4. The number of hydrogen-bond acceptors (Lipinski definition) is 4. The third kappa shape index (κ3) is 3.56. The molecule has 0 aromatic carbocycles. The number of nitrogens with one attached hydrogen (secondary N) is 1. The first-order valence-electron chi connectivity index (χ1n) is 7.86. The summed E-state index contributed by atoms with van der Waals surface area (Å²) in [4.78, 5) is 18.3. The summed E-state index contributed by atoms with van der Waals surface area (Å²) in [7, 11) is 0. The molecule has 0 radical (unpaired) electrons. The van der Waals surface area contributed by atoms with Crippen molar-refractivity contribution in [1.82, 2.24) is 9.88 Å². The Morgan fingerprint density at radius 2 is 2.05 bits per heavy atom. The van der Waals surface area contributed by atoms with Crippen molar-refractivity contribution in [2.75, 3.05) is 18.4 Å². The van der Waals surface area contributed by atoms with Crippen molar-refractivity contribution in [2.45, 2.75) is 46.6 Å². The Labute approximate surface area is 132 Å². The molecule has 2 heterocycles. The molecule has 1 amide bonds. The number of piperidine rings is 1. The number of aryl methyl sites for hydroxylation is 2. The van der Waals surface area contributed by atoms with Crippen LogP contribution in [0.15, 0.2) is 6.07 Å². The SMILES string of the molecule is Cc1cc(NC2CCN(C(=O)C(C)C)CC2)c(C#N)c(C)n1. The number of rotatable bonds is 3. The number of amides is 1. The lowest BCUT2D eigenvalue weighted by Crippen LogP contribution is -2.44. The molecule has 1 aromatic rings. The van der Waals surface area contributed by atoms with E-state index in [1.54, 1.807) is 0 Å². The maximum Gasteiger partial charge on any atom is 0.225 e. The topological polar surface area (TPSA) is 69.0 Å². The van der Waals surface area contributed by atoms with Crippen LogP contribution >= 0.6 is 0 Å². The largest absolute Gasteiger partial charge is 0.381 e. The Morgan fingerprint density at radius 3 is 2.59 bits per heavy atom. The van der Waals surface area contributed by atoms with Gasteiger partial charge in [-0.25, -0.2) is 0 Å². The highest BCUT2D eigenvalue weighted by Gasteiger charge is 2.24. The van der Waals surface area contributed by atoms with Gasteiger partial charge < -0.3 is 10.2 Å². The number of carbonyl (C=O) groups excluding carboxylic acids is 1. The van der Waals surface area contributed by atoms with Crippen molar-refractivity contribution >= 4 is 11.6 Å². The van der Waals surface area contributed by atoms with Crippen molar-refractivity contribution in [2.24, 2.45) is 5.92 Å². The number of anilines is 1. The monoisotopic (exact) mass is 300 g/mol. The fourth-order valence-electron chi connectivity index (χ4n) is 2.91. The normalized spacial score (nSPS) is 15.7. The molecule has 0 saturated carbocycles. The van der Waals surface area contributed by atoms with E-state index in [4.69, 9.17) is 0 Å². The van der Waals surface area contributed by atoms with Crippen molar-refractivity contribution in [3.8, 4) is 6.07 Å². The summed E-state index contributed by atoms with van der Waals surface area (Å²) in [5.74, 6) is 0.284. The van der Waals surface area contributed by atoms with Gasteiger partial charge >= 0.3 is 0 Å². The first-order valence-corrected chi connectivity index (χ1v) is 7.86. The summed E-state index contributed by atoms with van der Waals surface area (Å²) in [5, 5.41) is 12.8. The summed E-state index contributed by atoms with van der Waals surface area (Å²) in [6, 6.07) is 4.46. The van der Waals surface area contributed by atoms with Crippen LogP contribution < -0.4 is 5.32 Å². The fraction of sp³-hybridized carbons (Fsp3) is 0.588. The highest BCUT2D eigenvalue weighted by molar-refractivity contribution is 5.78. The Bertz CT molecular complexity index is 595. The van der Waals surface area contributed by atoms with E-state index in [2.05, 4.69) is 16.4 Å². The predicted octanol–water partition coefficient (Wildman–Crippen LogP) is 2.63. The van der Waals surface area contributed by atoms with E-state index >= 15 is 0 Å². The van der Waals surface area contributed by atoms with Gasteiger partial charge in [-0.2, -0.15) is 5.26 Å². The van der Waals surface area contributed by atoms with Gasteiger partial charge in [0, 0.05) is 30.7 Å². The van der Waals surface area contributed by atoms with Crippen LogP contribution in [0.2, 0.25) is 0 Å². The zero-order chi connectivity index (χ0) is 16.3.